The molecule has 0 atom stereocenters. The minimum absolute atomic E-state index is 0.221. The molecule has 0 bridgehead atoms. The Morgan fingerprint density at radius 2 is 1.80 bits per heavy atom. The largest absolute Gasteiger partial charge is 0.489 e. The van der Waals surface area contributed by atoms with Crippen molar-refractivity contribution in [1.29, 1.82) is 0 Å². The molecule has 5 rings (SSSR count). The number of para-hydroxylation sites is 1. The number of hydrogen-bond acceptors (Lipinski definition) is 8. The van der Waals surface area contributed by atoms with Crippen LogP contribution in [0.1, 0.15) is 33.1 Å². The maximum atomic E-state index is 14.8. The maximum Gasteiger partial charge on any atom is 0.229 e. The zero-order chi connectivity index (χ0) is 29.0. The Hall–Kier alpha value is -3.18. The van der Waals surface area contributed by atoms with Crippen molar-refractivity contribution in [3.8, 4) is 5.75 Å². The van der Waals surface area contributed by atoms with Crippen LogP contribution in [0.3, 0.4) is 0 Å². The number of methoxy groups -OCH3 is 1. The van der Waals surface area contributed by atoms with Gasteiger partial charge in [-0.3, -0.25) is 4.90 Å². The summed E-state index contributed by atoms with van der Waals surface area (Å²) in [5, 5.41) is 12.7. The van der Waals surface area contributed by atoms with Gasteiger partial charge in [0.15, 0.2) is 23.0 Å². The molecule has 0 saturated carbocycles. The number of aromatic nitrogens is 4. The zero-order valence-electron chi connectivity index (χ0n) is 23.4. The van der Waals surface area contributed by atoms with E-state index in [1.807, 2.05) is 13.8 Å². The Morgan fingerprint density at radius 1 is 1.05 bits per heavy atom. The lowest BCUT2D eigenvalue weighted by Crippen LogP contribution is -2.25. The Kier molecular flexibility index (Phi) is 9.13. The van der Waals surface area contributed by atoms with Crippen LogP contribution in [0.25, 0.3) is 11.0 Å². The SMILES string of the molecule is COC(C)(C)CCn1nc(Nc2c(Cl)cccc2Cl)c2cnc(Nc3ccc(OCCN4CCCC4)c(F)c3)nc21. The Balaban J connectivity index is 1.37. The lowest BCUT2D eigenvalue weighted by Gasteiger charge is -2.22. The molecule has 0 aliphatic carbocycles. The van der Waals surface area contributed by atoms with Crippen molar-refractivity contribution >= 4 is 57.4 Å². The molecule has 1 saturated heterocycles. The summed E-state index contributed by atoms with van der Waals surface area (Å²) in [4.78, 5) is 11.5. The molecule has 2 aromatic heterocycles. The second-order valence-electron chi connectivity index (χ2n) is 10.6. The Bertz CT molecular complexity index is 1490. The molecule has 0 spiro atoms. The first-order chi connectivity index (χ1) is 19.7. The second-order valence-corrected chi connectivity index (χ2v) is 11.4. The molecule has 1 aliphatic heterocycles. The van der Waals surface area contributed by atoms with Gasteiger partial charge in [-0.05, 0) is 70.5 Å². The molecule has 0 unspecified atom stereocenters. The van der Waals surface area contributed by atoms with Crippen LogP contribution < -0.4 is 15.4 Å². The van der Waals surface area contributed by atoms with Crippen molar-refractivity contribution in [3.05, 3.63) is 58.5 Å². The molecule has 0 radical (unpaired) electrons. The quantitative estimate of drug-likeness (QED) is 0.178. The van der Waals surface area contributed by atoms with Crippen LogP contribution in [-0.4, -0.2) is 63.6 Å². The van der Waals surface area contributed by atoms with Crippen molar-refractivity contribution in [1.82, 2.24) is 24.6 Å². The average Bonchev–Trinajstić information content (AvgIpc) is 3.59. The van der Waals surface area contributed by atoms with Gasteiger partial charge in [0.1, 0.15) is 6.61 Å². The van der Waals surface area contributed by atoms with Crippen molar-refractivity contribution in [2.45, 2.75) is 45.3 Å². The highest BCUT2D eigenvalue weighted by Crippen LogP contribution is 2.35. The van der Waals surface area contributed by atoms with Crippen molar-refractivity contribution < 1.29 is 13.9 Å². The van der Waals surface area contributed by atoms with E-state index in [-0.39, 0.29) is 11.4 Å². The second kappa shape index (κ2) is 12.8. The van der Waals surface area contributed by atoms with E-state index in [1.54, 1.807) is 48.3 Å². The summed E-state index contributed by atoms with van der Waals surface area (Å²) >= 11 is 12.8. The van der Waals surface area contributed by atoms with Crippen molar-refractivity contribution in [3.63, 3.8) is 0 Å². The predicted molar refractivity (Wildman–Crippen MR) is 162 cm³/mol. The third kappa shape index (κ3) is 7.19. The highest BCUT2D eigenvalue weighted by atomic mass is 35.5. The summed E-state index contributed by atoms with van der Waals surface area (Å²) in [5.41, 5.74) is 1.27. The molecule has 1 fully saturated rings. The van der Waals surface area contributed by atoms with Crippen LogP contribution in [0.4, 0.5) is 27.5 Å². The Morgan fingerprint density at radius 3 is 2.51 bits per heavy atom. The number of nitrogens with zero attached hydrogens (tertiary/aromatic N) is 5. The summed E-state index contributed by atoms with van der Waals surface area (Å²) < 4.78 is 27.9. The van der Waals surface area contributed by atoms with Gasteiger partial charge in [-0.2, -0.15) is 10.1 Å². The Labute approximate surface area is 249 Å². The van der Waals surface area contributed by atoms with Crippen LogP contribution in [0.2, 0.25) is 10.0 Å². The fraction of sp³-hybridized carbons (Fsp3) is 0.414. The fourth-order valence-corrected chi connectivity index (χ4v) is 5.09. The van der Waals surface area contributed by atoms with Gasteiger partial charge in [-0.15, -0.1) is 0 Å². The van der Waals surface area contributed by atoms with Gasteiger partial charge in [0.2, 0.25) is 5.95 Å². The van der Waals surface area contributed by atoms with Gasteiger partial charge in [-0.1, -0.05) is 29.3 Å². The molecule has 2 aromatic carbocycles. The molecular weight excluding hydrogens is 568 g/mol. The third-order valence-corrected chi connectivity index (χ3v) is 7.86. The molecule has 0 amide bonds. The summed E-state index contributed by atoms with van der Waals surface area (Å²) in [6, 6.07) is 10.0. The zero-order valence-corrected chi connectivity index (χ0v) is 24.9. The number of aryl methyl sites for hydroxylation is 1. The third-order valence-electron chi connectivity index (χ3n) is 7.23. The van der Waals surface area contributed by atoms with Crippen LogP contribution in [0.15, 0.2) is 42.6 Å². The van der Waals surface area contributed by atoms with Gasteiger partial charge in [0.25, 0.3) is 0 Å². The normalized spacial score (nSPS) is 14.1. The van der Waals surface area contributed by atoms with Gasteiger partial charge < -0.3 is 20.1 Å². The molecule has 2 N–H and O–H groups in total. The van der Waals surface area contributed by atoms with E-state index in [0.29, 0.717) is 63.8 Å². The minimum Gasteiger partial charge on any atom is -0.489 e. The topological polar surface area (TPSA) is 89.4 Å². The molecule has 218 valence electrons. The van der Waals surface area contributed by atoms with Gasteiger partial charge in [-0.25, -0.2) is 14.1 Å². The first-order valence-electron chi connectivity index (χ1n) is 13.6. The number of likely N-dealkylation sites (tertiary alicyclic amines) is 1. The number of halogens is 3. The van der Waals surface area contributed by atoms with Crippen LogP contribution in [-0.2, 0) is 11.3 Å². The van der Waals surface area contributed by atoms with E-state index in [4.69, 9.17) is 42.8 Å². The van der Waals surface area contributed by atoms with Gasteiger partial charge >= 0.3 is 0 Å². The molecule has 4 aromatic rings. The van der Waals surface area contributed by atoms with E-state index in [2.05, 4.69) is 20.5 Å². The lowest BCUT2D eigenvalue weighted by atomic mass is 10.1. The number of benzene rings is 2. The summed E-state index contributed by atoms with van der Waals surface area (Å²) in [5.74, 6) is 0.582. The van der Waals surface area contributed by atoms with Gasteiger partial charge in [0, 0.05) is 38.1 Å². The van der Waals surface area contributed by atoms with Crippen molar-refractivity contribution in [2.75, 3.05) is 44.0 Å². The van der Waals surface area contributed by atoms with Crippen molar-refractivity contribution in [2.24, 2.45) is 0 Å². The van der Waals surface area contributed by atoms with Crippen LogP contribution in [0.5, 0.6) is 5.75 Å². The van der Waals surface area contributed by atoms with Crippen LogP contribution >= 0.6 is 23.2 Å². The number of fused-ring (bicyclic) bond motifs is 1. The lowest BCUT2D eigenvalue weighted by molar-refractivity contribution is 0.0116. The summed E-state index contributed by atoms with van der Waals surface area (Å²) in [6.45, 7) is 7.95. The average molecular weight is 603 g/mol. The molecule has 9 nitrogen and oxygen atoms in total. The minimum atomic E-state index is -0.451. The molecule has 3 heterocycles. The van der Waals surface area contributed by atoms with E-state index in [9.17, 15) is 4.39 Å². The predicted octanol–water partition coefficient (Wildman–Crippen LogP) is 7.05. The highest BCUT2D eigenvalue weighted by molar-refractivity contribution is 6.39. The van der Waals surface area contributed by atoms with E-state index >= 15 is 0 Å². The molecule has 41 heavy (non-hydrogen) atoms. The molecule has 12 heteroatoms. The van der Waals surface area contributed by atoms with Crippen LogP contribution in [0, 0.1) is 5.82 Å². The number of ether oxygens (including phenoxy) is 2. The number of nitrogens with one attached hydrogen (secondary N) is 2. The van der Waals surface area contributed by atoms with E-state index in [1.165, 1.54) is 18.9 Å². The van der Waals surface area contributed by atoms with E-state index in [0.717, 1.165) is 19.6 Å². The number of rotatable bonds is 12. The number of anilines is 4. The van der Waals surface area contributed by atoms with Gasteiger partial charge in [0.05, 0.1) is 26.7 Å². The first kappa shape index (κ1) is 29.3. The fourth-order valence-electron chi connectivity index (χ4n) is 4.60. The smallest absolute Gasteiger partial charge is 0.229 e. The summed E-state index contributed by atoms with van der Waals surface area (Å²) in [6.07, 6.45) is 4.77. The summed E-state index contributed by atoms with van der Waals surface area (Å²) in [7, 11) is 1.68. The highest BCUT2D eigenvalue weighted by Gasteiger charge is 2.21. The number of hydrogen-bond donors (Lipinski definition) is 2. The monoisotopic (exact) mass is 601 g/mol. The standard InChI is InChI=1S/C29H34Cl2FN7O2/c1-29(2,40-3)11-14-39-27-20(26(37-39)35-25-21(30)7-6-8-22(25)31)18-33-28(36-27)34-19-9-10-24(23(32)17-19)41-16-15-38-12-4-5-13-38/h6-10,17-18H,4-5,11-16H2,1-3H3,(H,35,37)(H,33,34,36). The molecular formula is C29H34Cl2FN7O2. The molecule has 1 aliphatic rings. The maximum absolute atomic E-state index is 14.8. The van der Waals surface area contributed by atoms with E-state index < -0.39 is 5.82 Å². The first-order valence-corrected chi connectivity index (χ1v) is 14.4.